The molecule has 0 bridgehead atoms. The Morgan fingerprint density at radius 1 is 0.964 bits per heavy atom. The Bertz CT molecular complexity index is 1050. The van der Waals surface area contributed by atoms with Gasteiger partial charge in [-0.3, -0.25) is 9.79 Å². The summed E-state index contributed by atoms with van der Waals surface area (Å²) in [6, 6.07) is 22.7. The molecule has 0 fully saturated rings. The molecule has 0 aromatic heterocycles. The molecule has 4 rings (SSSR count). The van der Waals surface area contributed by atoms with Gasteiger partial charge in [0.2, 0.25) is 0 Å². The van der Waals surface area contributed by atoms with Gasteiger partial charge in [-0.1, -0.05) is 71.7 Å². The molecule has 0 saturated carbocycles. The van der Waals surface area contributed by atoms with Crippen LogP contribution in [0, 0.1) is 0 Å². The summed E-state index contributed by atoms with van der Waals surface area (Å²) in [4.78, 5) is 17.6. The maximum absolute atomic E-state index is 12.7. The van der Waals surface area contributed by atoms with Crippen LogP contribution in [0.2, 0.25) is 10.0 Å². The van der Waals surface area contributed by atoms with Crippen molar-refractivity contribution in [3.05, 3.63) is 99.5 Å². The van der Waals surface area contributed by atoms with Gasteiger partial charge in [-0.05, 0) is 24.3 Å². The van der Waals surface area contributed by atoms with Crippen molar-refractivity contribution in [3.8, 4) is 0 Å². The molecule has 6 heteroatoms. The number of benzene rings is 3. The van der Waals surface area contributed by atoms with Crippen molar-refractivity contribution >= 4 is 40.5 Å². The molecule has 0 spiro atoms. The molecular formula is C22H17Cl2N3O. The summed E-state index contributed by atoms with van der Waals surface area (Å²) >= 11 is 12.0. The predicted molar refractivity (Wildman–Crippen MR) is 115 cm³/mol. The molecule has 3 aromatic carbocycles. The van der Waals surface area contributed by atoms with Crippen molar-refractivity contribution in [3.63, 3.8) is 0 Å². The monoisotopic (exact) mass is 409 g/mol. The number of amides is 1. The lowest BCUT2D eigenvalue weighted by molar-refractivity contribution is 0.0940. The molecule has 4 nitrogen and oxygen atoms in total. The lowest BCUT2D eigenvalue weighted by atomic mass is 10.0. The number of nitrogens with zero attached hydrogens (tertiary/aromatic N) is 1. The van der Waals surface area contributed by atoms with Gasteiger partial charge < -0.3 is 10.6 Å². The molecule has 2 N–H and O–H groups in total. The second-order valence-corrected chi connectivity index (χ2v) is 7.20. The third kappa shape index (κ3) is 3.88. The first-order valence-electron chi connectivity index (χ1n) is 8.84. The van der Waals surface area contributed by atoms with E-state index in [0.29, 0.717) is 22.2 Å². The van der Waals surface area contributed by atoms with Gasteiger partial charge in [-0.25, -0.2) is 0 Å². The van der Waals surface area contributed by atoms with E-state index in [4.69, 9.17) is 28.2 Å². The number of rotatable bonds is 3. The molecule has 3 aromatic rings. The molecule has 1 aliphatic rings. The number of fused-ring (bicyclic) bond motifs is 1. The summed E-state index contributed by atoms with van der Waals surface area (Å²) in [5, 5.41) is 7.09. The van der Waals surface area contributed by atoms with Crippen LogP contribution in [0.1, 0.15) is 21.5 Å². The topological polar surface area (TPSA) is 53.5 Å². The van der Waals surface area contributed by atoms with Gasteiger partial charge in [-0.2, -0.15) is 0 Å². The highest BCUT2D eigenvalue weighted by atomic mass is 35.5. The zero-order valence-corrected chi connectivity index (χ0v) is 16.3. The molecular weight excluding hydrogens is 393 g/mol. The van der Waals surface area contributed by atoms with Gasteiger partial charge >= 0.3 is 0 Å². The summed E-state index contributed by atoms with van der Waals surface area (Å²) in [6.07, 6.45) is -0.440. The standard InChI is InChI=1S/C22H17Cl2N3O/c23-17-11-10-15(12-18(17)24)22(28)27-20-13-25-19-9-5-4-8-16(19)21(26-20)14-6-2-1-3-7-14/h1-12,20,25H,13H2,(H,27,28). The average molecular weight is 410 g/mol. The first-order chi connectivity index (χ1) is 13.6. The number of hydrogen-bond acceptors (Lipinski definition) is 3. The minimum Gasteiger partial charge on any atom is -0.380 e. The molecule has 1 heterocycles. The average Bonchev–Trinajstić information content (AvgIpc) is 2.90. The molecule has 1 aliphatic heterocycles. The van der Waals surface area contributed by atoms with Gasteiger partial charge in [0.15, 0.2) is 0 Å². The Morgan fingerprint density at radius 3 is 2.50 bits per heavy atom. The van der Waals surface area contributed by atoms with E-state index in [2.05, 4.69) is 10.6 Å². The minimum atomic E-state index is -0.440. The second kappa shape index (κ2) is 8.05. The Labute approximate surface area is 173 Å². The van der Waals surface area contributed by atoms with Crippen LogP contribution < -0.4 is 10.6 Å². The third-order valence-corrected chi connectivity index (χ3v) is 5.22. The first-order valence-corrected chi connectivity index (χ1v) is 9.60. The zero-order chi connectivity index (χ0) is 19.5. The van der Waals surface area contributed by atoms with Crippen LogP contribution in [0.25, 0.3) is 0 Å². The van der Waals surface area contributed by atoms with E-state index in [0.717, 1.165) is 22.5 Å². The van der Waals surface area contributed by atoms with Gasteiger partial charge in [0.1, 0.15) is 6.17 Å². The largest absolute Gasteiger partial charge is 0.380 e. The van der Waals surface area contributed by atoms with Crippen molar-refractivity contribution in [1.29, 1.82) is 0 Å². The van der Waals surface area contributed by atoms with Crippen LogP contribution in [-0.2, 0) is 0 Å². The van der Waals surface area contributed by atoms with E-state index >= 15 is 0 Å². The smallest absolute Gasteiger partial charge is 0.253 e. The van der Waals surface area contributed by atoms with E-state index in [-0.39, 0.29) is 5.91 Å². The number of benzodiazepines with no additional fused rings is 1. The summed E-state index contributed by atoms with van der Waals surface area (Å²) in [5.74, 6) is -0.257. The fraction of sp³-hybridized carbons (Fsp3) is 0.0909. The number of para-hydroxylation sites is 1. The van der Waals surface area contributed by atoms with Gasteiger partial charge in [-0.15, -0.1) is 0 Å². The fourth-order valence-electron chi connectivity index (χ4n) is 3.10. The number of hydrogen-bond donors (Lipinski definition) is 2. The van der Waals surface area contributed by atoms with Crippen molar-refractivity contribution in [2.24, 2.45) is 4.99 Å². The third-order valence-electron chi connectivity index (χ3n) is 4.48. The molecule has 1 unspecified atom stereocenters. The number of nitrogens with one attached hydrogen (secondary N) is 2. The van der Waals surface area contributed by atoms with Crippen LogP contribution >= 0.6 is 23.2 Å². The molecule has 1 amide bonds. The Balaban J connectivity index is 1.66. The quantitative estimate of drug-likeness (QED) is 0.638. The molecule has 28 heavy (non-hydrogen) atoms. The van der Waals surface area contributed by atoms with Gasteiger partial charge in [0, 0.05) is 22.4 Å². The summed E-state index contributed by atoms with van der Waals surface area (Å²) in [6.45, 7) is 0.473. The Kier molecular flexibility index (Phi) is 5.33. The van der Waals surface area contributed by atoms with Crippen LogP contribution in [0.3, 0.4) is 0 Å². The van der Waals surface area contributed by atoms with E-state index in [9.17, 15) is 4.79 Å². The molecule has 140 valence electrons. The van der Waals surface area contributed by atoms with E-state index in [1.807, 2.05) is 54.6 Å². The molecule has 0 saturated heterocycles. The van der Waals surface area contributed by atoms with Crippen LogP contribution in [0.5, 0.6) is 0 Å². The number of anilines is 1. The van der Waals surface area contributed by atoms with Crippen molar-refractivity contribution in [2.75, 3.05) is 11.9 Å². The van der Waals surface area contributed by atoms with Crippen LogP contribution in [0.4, 0.5) is 5.69 Å². The van der Waals surface area contributed by atoms with E-state index in [1.165, 1.54) is 0 Å². The highest BCUT2D eigenvalue weighted by Gasteiger charge is 2.21. The lowest BCUT2D eigenvalue weighted by Gasteiger charge is -2.15. The number of carbonyl (C=O) groups is 1. The maximum Gasteiger partial charge on any atom is 0.253 e. The van der Waals surface area contributed by atoms with Crippen molar-refractivity contribution in [2.45, 2.75) is 6.17 Å². The number of aliphatic imine (C=N–C) groups is 1. The van der Waals surface area contributed by atoms with Crippen molar-refractivity contribution < 1.29 is 4.79 Å². The highest BCUT2D eigenvalue weighted by molar-refractivity contribution is 6.42. The van der Waals surface area contributed by atoms with Gasteiger partial charge in [0.05, 0.1) is 22.3 Å². The van der Waals surface area contributed by atoms with Crippen LogP contribution in [-0.4, -0.2) is 24.3 Å². The van der Waals surface area contributed by atoms with Crippen molar-refractivity contribution in [1.82, 2.24) is 5.32 Å². The maximum atomic E-state index is 12.7. The molecule has 0 aliphatic carbocycles. The molecule has 1 atom stereocenters. The fourth-order valence-corrected chi connectivity index (χ4v) is 3.40. The van der Waals surface area contributed by atoms with E-state index < -0.39 is 6.17 Å². The summed E-state index contributed by atoms with van der Waals surface area (Å²) < 4.78 is 0. The zero-order valence-electron chi connectivity index (χ0n) is 14.8. The summed E-state index contributed by atoms with van der Waals surface area (Å²) in [5.41, 5.74) is 4.25. The number of carbonyl (C=O) groups excluding carboxylic acids is 1. The highest BCUT2D eigenvalue weighted by Crippen LogP contribution is 2.24. The normalized spacial score (nSPS) is 15.6. The number of halogens is 2. The Morgan fingerprint density at radius 2 is 1.71 bits per heavy atom. The van der Waals surface area contributed by atoms with Crippen LogP contribution in [0.15, 0.2) is 77.8 Å². The minimum absolute atomic E-state index is 0.257. The van der Waals surface area contributed by atoms with Gasteiger partial charge in [0.25, 0.3) is 5.91 Å². The first kappa shape index (κ1) is 18.5. The van der Waals surface area contributed by atoms with E-state index in [1.54, 1.807) is 18.2 Å². The SMILES string of the molecule is O=C(NC1CNc2ccccc2C(c2ccccc2)=N1)c1ccc(Cl)c(Cl)c1. The molecule has 0 radical (unpaired) electrons. The lowest BCUT2D eigenvalue weighted by Crippen LogP contribution is -2.38. The summed E-state index contributed by atoms with van der Waals surface area (Å²) in [7, 11) is 0. The Hall–Kier alpha value is -2.82. The second-order valence-electron chi connectivity index (χ2n) is 6.39. The predicted octanol–water partition coefficient (Wildman–Crippen LogP) is 5.01.